The van der Waals surface area contributed by atoms with Crippen LogP contribution in [0.4, 0.5) is 23.7 Å². The number of halogens is 4. The second-order valence-corrected chi connectivity index (χ2v) is 5.77. The van der Waals surface area contributed by atoms with Gasteiger partial charge in [0.25, 0.3) is 0 Å². The van der Waals surface area contributed by atoms with Gasteiger partial charge >= 0.3 is 18.2 Å². The molecule has 2 amide bonds. The van der Waals surface area contributed by atoms with Gasteiger partial charge in [0, 0.05) is 13.1 Å². The highest BCUT2D eigenvalue weighted by Gasteiger charge is 2.53. The van der Waals surface area contributed by atoms with E-state index in [0.717, 1.165) is 4.90 Å². The number of carboxylic acids is 1. The first-order chi connectivity index (χ1) is 10.6. The number of amides is 2. The van der Waals surface area contributed by atoms with Gasteiger partial charge in [-0.2, -0.15) is 13.2 Å². The van der Waals surface area contributed by atoms with Crippen molar-refractivity contribution >= 4 is 29.3 Å². The minimum Gasteiger partial charge on any atom is -0.481 e. The van der Waals surface area contributed by atoms with E-state index in [2.05, 4.69) is 5.32 Å². The fourth-order valence-electron chi connectivity index (χ4n) is 2.53. The molecule has 1 saturated heterocycles. The average Bonchev–Trinajstić information content (AvgIpc) is 2.88. The molecule has 0 saturated carbocycles. The molecular weight excluding hydrogens is 337 g/mol. The van der Waals surface area contributed by atoms with Crippen LogP contribution in [0.15, 0.2) is 18.2 Å². The highest BCUT2D eigenvalue weighted by molar-refractivity contribution is 6.33. The molecule has 0 aromatic heterocycles. The van der Waals surface area contributed by atoms with E-state index in [0.29, 0.717) is 11.3 Å². The third-order valence-electron chi connectivity index (χ3n) is 3.80. The number of urea groups is 1. The number of para-hydroxylation sites is 1. The first-order valence-electron chi connectivity index (χ1n) is 6.72. The fraction of sp³-hybridized carbons (Fsp3) is 0.429. The first kappa shape index (κ1) is 17.4. The zero-order valence-electron chi connectivity index (χ0n) is 12.0. The van der Waals surface area contributed by atoms with E-state index < -0.39 is 43.1 Å². The lowest BCUT2D eigenvalue weighted by Crippen LogP contribution is -2.35. The third-order valence-corrected chi connectivity index (χ3v) is 4.11. The summed E-state index contributed by atoms with van der Waals surface area (Å²) >= 11 is 5.95. The molecule has 1 aliphatic rings. The van der Waals surface area contributed by atoms with E-state index in [4.69, 9.17) is 16.7 Å². The highest BCUT2D eigenvalue weighted by atomic mass is 35.5. The molecule has 1 fully saturated rings. The maximum absolute atomic E-state index is 12.9. The molecule has 1 aliphatic heterocycles. The molecule has 1 heterocycles. The first-order valence-corrected chi connectivity index (χ1v) is 7.09. The Hall–Kier alpha value is -1.96. The van der Waals surface area contributed by atoms with Crippen LogP contribution in [0.5, 0.6) is 0 Å². The van der Waals surface area contributed by atoms with Gasteiger partial charge in [0.1, 0.15) is 0 Å². The number of aryl methyl sites for hydroxylation is 1. The summed E-state index contributed by atoms with van der Waals surface area (Å²) in [6, 6.07) is 4.08. The van der Waals surface area contributed by atoms with Crippen LogP contribution in [-0.2, 0) is 4.79 Å². The largest absolute Gasteiger partial charge is 0.481 e. The van der Waals surface area contributed by atoms with Crippen molar-refractivity contribution in [1.29, 1.82) is 0 Å². The number of hydrogen-bond acceptors (Lipinski definition) is 2. The van der Waals surface area contributed by atoms with Crippen LogP contribution in [0, 0.1) is 18.8 Å². The topological polar surface area (TPSA) is 69.6 Å². The van der Waals surface area contributed by atoms with E-state index in [-0.39, 0.29) is 5.02 Å². The Morgan fingerprint density at radius 3 is 2.48 bits per heavy atom. The number of alkyl halides is 3. The van der Waals surface area contributed by atoms with E-state index in [1.807, 2.05) is 0 Å². The second-order valence-electron chi connectivity index (χ2n) is 5.36. The van der Waals surface area contributed by atoms with Gasteiger partial charge in [-0.25, -0.2) is 4.79 Å². The quantitative estimate of drug-likeness (QED) is 0.859. The molecule has 0 aliphatic carbocycles. The molecule has 0 bridgehead atoms. The summed E-state index contributed by atoms with van der Waals surface area (Å²) in [7, 11) is 0. The number of carboxylic acid groups (broad SMARTS) is 1. The zero-order chi connectivity index (χ0) is 17.4. The van der Waals surface area contributed by atoms with Crippen molar-refractivity contribution < 1.29 is 27.9 Å². The molecule has 23 heavy (non-hydrogen) atoms. The van der Waals surface area contributed by atoms with Crippen molar-refractivity contribution in [2.45, 2.75) is 13.1 Å². The summed E-state index contributed by atoms with van der Waals surface area (Å²) < 4.78 is 38.8. The van der Waals surface area contributed by atoms with Crippen molar-refractivity contribution in [3.8, 4) is 0 Å². The monoisotopic (exact) mass is 350 g/mol. The lowest BCUT2D eigenvalue weighted by atomic mass is 9.96. The number of carbonyl (C=O) groups is 2. The Labute approximate surface area is 135 Å². The summed E-state index contributed by atoms with van der Waals surface area (Å²) in [6.45, 7) is 0.481. The van der Waals surface area contributed by atoms with Crippen LogP contribution >= 0.6 is 11.6 Å². The lowest BCUT2D eigenvalue weighted by Gasteiger charge is -2.19. The lowest BCUT2D eigenvalue weighted by molar-refractivity contribution is -0.187. The minimum absolute atomic E-state index is 0.250. The Bertz CT molecular complexity index is 616. The standard InChI is InChI=1S/C14H14ClF3N2O3/c1-7-3-2-4-10(15)11(7)19-13(23)20-5-8(12(21)22)9(6-20)14(16,17)18/h2-4,8-9H,5-6H2,1H3,(H,19,23)(H,21,22)/t8-,9-/m1/s1. The molecule has 2 atom stereocenters. The highest BCUT2D eigenvalue weighted by Crippen LogP contribution is 2.38. The zero-order valence-corrected chi connectivity index (χ0v) is 12.8. The molecule has 126 valence electrons. The van der Waals surface area contributed by atoms with Crippen LogP contribution in [-0.4, -0.2) is 41.3 Å². The van der Waals surface area contributed by atoms with E-state index in [1.54, 1.807) is 19.1 Å². The number of nitrogens with zero attached hydrogens (tertiary/aromatic N) is 1. The smallest absolute Gasteiger partial charge is 0.394 e. The summed E-state index contributed by atoms with van der Waals surface area (Å²) in [5.74, 6) is -5.33. The van der Waals surface area contributed by atoms with Gasteiger partial charge < -0.3 is 15.3 Å². The van der Waals surface area contributed by atoms with Gasteiger partial charge in [0.05, 0.1) is 22.5 Å². The van der Waals surface area contributed by atoms with Crippen LogP contribution in [0.2, 0.25) is 5.02 Å². The normalized spacial score (nSPS) is 21.3. The minimum atomic E-state index is -4.68. The van der Waals surface area contributed by atoms with Crippen LogP contribution in [0.1, 0.15) is 5.56 Å². The van der Waals surface area contributed by atoms with Gasteiger partial charge in [-0.05, 0) is 18.6 Å². The SMILES string of the molecule is Cc1cccc(Cl)c1NC(=O)N1C[C@@H](C(F)(F)F)[C@H](C(=O)O)C1. The number of carbonyl (C=O) groups excluding carboxylic acids is 1. The molecule has 5 nitrogen and oxygen atoms in total. The maximum atomic E-state index is 12.9. The second kappa shape index (κ2) is 6.27. The Kier molecular flexibility index (Phi) is 4.74. The van der Waals surface area contributed by atoms with Crippen LogP contribution in [0.25, 0.3) is 0 Å². The fourth-order valence-corrected chi connectivity index (χ4v) is 2.80. The molecule has 2 rings (SSSR count). The van der Waals surface area contributed by atoms with Gasteiger partial charge in [-0.1, -0.05) is 23.7 Å². The van der Waals surface area contributed by atoms with E-state index in [1.165, 1.54) is 6.07 Å². The predicted molar refractivity (Wildman–Crippen MR) is 77.5 cm³/mol. The number of aliphatic carboxylic acids is 1. The molecule has 1 aromatic carbocycles. The van der Waals surface area contributed by atoms with Crippen LogP contribution < -0.4 is 5.32 Å². The number of benzene rings is 1. The van der Waals surface area contributed by atoms with E-state index >= 15 is 0 Å². The molecule has 0 unspecified atom stereocenters. The number of anilines is 1. The number of likely N-dealkylation sites (tertiary alicyclic amines) is 1. The van der Waals surface area contributed by atoms with Gasteiger partial charge in [-0.15, -0.1) is 0 Å². The van der Waals surface area contributed by atoms with Crippen molar-refractivity contribution in [3.05, 3.63) is 28.8 Å². The van der Waals surface area contributed by atoms with Crippen molar-refractivity contribution in [3.63, 3.8) is 0 Å². The average molecular weight is 351 g/mol. The van der Waals surface area contributed by atoms with Crippen molar-refractivity contribution in [1.82, 2.24) is 4.90 Å². The summed E-state index contributed by atoms with van der Waals surface area (Å²) in [5.41, 5.74) is 0.939. The van der Waals surface area contributed by atoms with Gasteiger partial charge in [0.15, 0.2) is 0 Å². The Balaban J connectivity index is 2.16. The third kappa shape index (κ3) is 3.69. The molecule has 0 radical (unpaired) electrons. The van der Waals surface area contributed by atoms with Gasteiger partial charge in [0.2, 0.25) is 0 Å². The van der Waals surface area contributed by atoms with E-state index in [9.17, 15) is 22.8 Å². The maximum Gasteiger partial charge on any atom is 0.394 e. The van der Waals surface area contributed by atoms with Gasteiger partial charge in [-0.3, -0.25) is 4.79 Å². The molecular formula is C14H14ClF3N2O3. The predicted octanol–water partition coefficient (Wildman–Crippen LogP) is 3.38. The van der Waals surface area contributed by atoms with Crippen LogP contribution in [0.3, 0.4) is 0 Å². The molecule has 2 N–H and O–H groups in total. The summed E-state index contributed by atoms with van der Waals surface area (Å²) in [4.78, 5) is 24.0. The molecule has 1 aromatic rings. The van der Waals surface area contributed by atoms with Crippen molar-refractivity contribution in [2.75, 3.05) is 18.4 Å². The summed E-state index contributed by atoms with van der Waals surface area (Å²) in [6.07, 6.45) is -4.68. The molecule has 9 heteroatoms. The number of hydrogen-bond donors (Lipinski definition) is 2. The van der Waals surface area contributed by atoms with Crippen molar-refractivity contribution in [2.24, 2.45) is 11.8 Å². The number of rotatable bonds is 2. The Morgan fingerprint density at radius 2 is 2.00 bits per heavy atom. The number of nitrogens with one attached hydrogen (secondary N) is 1. The Morgan fingerprint density at radius 1 is 1.35 bits per heavy atom. The summed E-state index contributed by atoms with van der Waals surface area (Å²) in [5, 5.41) is 11.6. The molecule has 0 spiro atoms.